The first-order chi connectivity index (χ1) is 7.56. The van der Waals surface area contributed by atoms with Gasteiger partial charge in [0.2, 0.25) is 0 Å². The molecule has 0 unspecified atom stereocenters. The van der Waals surface area contributed by atoms with Crippen molar-refractivity contribution < 1.29 is 9.90 Å². The van der Waals surface area contributed by atoms with Crippen LogP contribution in [0.4, 0.5) is 0 Å². The zero-order valence-electron chi connectivity index (χ0n) is 7.77. The second-order valence-corrected chi connectivity index (χ2v) is 2.93. The Balaban J connectivity index is 2.61. The number of carboxylic acid groups (broad SMARTS) is 1. The van der Waals surface area contributed by atoms with Crippen LogP contribution < -0.4 is 11.2 Å². The second-order valence-electron chi connectivity index (χ2n) is 2.93. The summed E-state index contributed by atoms with van der Waals surface area (Å²) in [4.78, 5) is 43.1. The van der Waals surface area contributed by atoms with Crippen LogP contribution >= 0.6 is 0 Å². The number of imidazole rings is 1. The van der Waals surface area contributed by atoms with E-state index in [0.29, 0.717) is 0 Å². The number of nitrogens with one attached hydrogen (secondary N) is 3. The van der Waals surface area contributed by atoms with Gasteiger partial charge in [-0.25, -0.2) is 14.6 Å². The monoisotopic (exact) mass is 222 g/mol. The predicted molar refractivity (Wildman–Crippen MR) is 54.0 cm³/mol. The fraction of sp³-hybridized carbons (Fsp3) is 0. The van der Waals surface area contributed by atoms with E-state index in [1.807, 2.05) is 4.98 Å². The normalized spacial score (nSPS) is 11.2. The number of aromatic nitrogens is 4. The quantitative estimate of drug-likeness (QED) is 0.486. The molecule has 0 spiro atoms. The summed E-state index contributed by atoms with van der Waals surface area (Å²) < 4.78 is 0. The molecule has 0 atom stereocenters. The van der Waals surface area contributed by atoms with Crippen molar-refractivity contribution in [1.29, 1.82) is 0 Å². The van der Waals surface area contributed by atoms with Gasteiger partial charge >= 0.3 is 11.7 Å². The summed E-state index contributed by atoms with van der Waals surface area (Å²) in [7, 11) is 0. The summed E-state index contributed by atoms with van der Waals surface area (Å²) in [5.74, 6) is -0.965. The minimum atomic E-state index is -1.14. The number of carbonyl (C=O) groups is 1. The number of hydrogen-bond donors (Lipinski definition) is 4. The van der Waals surface area contributed by atoms with Gasteiger partial charge in [0.25, 0.3) is 5.56 Å². The van der Waals surface area contributed by atoms with Crippen LogP contribution in [0.25, 0.3) is 17.2 Å². The molecule has 0 fully saturated rings. The number of nitrogens with zero attached hydrogens (tertiary/aromatic N) is 1. The Bertz CT molecular complexity index is 690. The number of fused-ring (bicyclic) bond motifs is 1. The SMILES string of the molecule is O=C(O)/C=C/c1nc2[nH]c(=O)[nH]c(=O)c2[nH]1. The molecule has 0 radical (unpaired) electrons. The molecule has 0 aromatic carbocycles. The molecule has 8 nitrogen and oxygen atoms in total. The Kier molecular flexibility index (Phi) is 2.16. The predicted octanol–water partition coefficient (Wildman–Crippen LogP) is -0.963. The van der Waals surface area contributed by atoms with Gasteiger partial charge in [0.1, 0.15) is 11.3 Å². The largest absolute Gasteiger partial charge is 0.478 e. The maximum absolute atomic E-state index is 11.3. The molecule has 2 aromatic heterocycles. The smallest absolute Gasteiger partial charge is 0.328 e. The third-order valence-corrected chi connectivity index (χ3v) is 1.79. The molecule has 0 aliphatic carbocycles. The van der Waals surface area contributed by atoms with E-state index in [0.717, 1.165) is 6.08 Å². The molecule has 0 amide bonds. The fourth-order valence-corrected chi connectivity index (χ4v) is 1.18. The Labute approximate surface area is 86.7 Å². The third-order valence-electron chi connectivity index (χ3n) is 1.79. The molecule has 16 heavy (non-hydrogen) atoms. The molecule has 0 bridgehead atoms. The van der Waals surface area contributed by atoms with Gasteiger partial charge in [-0.2, -0.15) is 0 Å². The first kappa shape index (κ1) is 9.90. The van der Waals surface area contributed by atoms with Gasteiger partial charge in [-0.3, -0.25) is 14.8 Å². The van der Waals surface area contributed by atoms with Crippen molar-refractivity contribution in [2.45, 2.75) is 0 Å². The van der Waals surface area contributed by atoms with E-state index in [2.05, 4.69) is 15.0 Å². The number of H-pyrrole nitrogens is 3. The van der Waals surface area contributed by atoms with Crippen LogP contribution in [-0.4, -0.2) is 31.0 Å². The second kappa shape index (κ2) is 3.50. The Morgan fingerprint density at radius 3 is 2.69 bits per heavy atom. The zero-order chi connectivity index (χ0) is 11.7. The number of aliphatic carboxylic acids is 1. The molecule has 8 heteroatoms. The summed E-state index contributed by atoms with van der Waals surface area (Å²) >= 11 is 0. The van der Waals surface area contributed by atoms with Crippen LogP contribution in [0.5, 0.6) is 0 Å². The van der Waals surface area contributed by atoms with Crippen LogP contribution in [-0.2, 0) is 4.79 Å². The molecule has 82 valence electrons. The topological polar surface area (TPSA) is 132 Å². The van der Waals surface area contributed by atoms with Crippen LogP contribution in [0.2, 0.25) is 0 Å². The van der Waals surface area contributed by atoms with Gasteiger partial charge in [-0.05, 0) is 6.08 Å². The third kappa shape index (κ3) is 1.75. The zero-order valence-corrected chi connectivity index (χ0v) is 7.77. The summed E-state index contributed by atoms with van der Waals surface area (Å²) in [6.45, 7) is 0. The fourth-order valence-electron chi connectivity index (χ4n) is 1.18. The van der Waals surface area contributed by atoms with Crippen LogP contribution in [0.3, 0.4) is 0 Å². The van der Waals surface area contributed by atoms with Crippen molar-refractivity contribution in [3.05, 3.63) is 32.7 Å². The van der Waals surface area contributed by atoms with E-state index < -0.39 is 17.2 Å². The highest BCUT2D eigenvalue weighted by atomic mass is 16.4. The maximum Gasteiger partial charge on any atom is 0.328 e. The van der Waals surface area contributed by atoms with Crippen molar-refractivity contribution >= 4 is 23.2 Å². The summed E-state index contributed by atoms with van der Waals surface area (Å²) in [5, 5.41) is 8.39. The van der Waals surface area contributed by atoms with Crippen LogP contribution in [0.1, 0.15) is 5.82 Å². The van der Waals surface area contributed by atoms with E-state index in [1.54, 1.807) is 0 Å². The van der Waals surface area contributed by atoms with E-state index >= 15 is 0 Å². The van der Waals surface area contributed by atoms with Gasteiger partial charge in [0.15, 0.2) is 5.65 Å². The average Bonchev–Trinajstić information content (AvgIpc) is 2.57. The lowest BCUT2D eigenvalue weighted by molar-refractivity contribution is -0.131. The number of carboxylic acids is 1. The van der Waals surface area contributed by atoms with Crippen molar-refractivity contribution in [2.75, 3.05) is 0 Å². The first-order valence-corrected chi connectivity index (χ1v) is 4.19. The molecule has 0 saturated carbocycles. The van der Waals surface area contributed by atoms with Gasteiger partial charge in [0.05, 0.1) is 0 Å². The standard InChI is InChI=1S/C8H6N4O4/c13-4(14)2-1-3-9-5-6(10-3)11-8(16)12-7(5)15/h1-2H,(H,13,14)(H3,9,10,11,12,15,16)/b2-1+. The Morgan fingerprint density at radius 2 is 2.00 bits per heavy atom. The highest BCUT2D eigenvalue weighted by Crippen LogP contribution is 2.02. The molecular formula is C8H6N4O4. The van der Waals surface area contributed by atoms with E-state index in [-0.39, 0.29) is 17.0 Å². The number of rotatable bonds is 2. The first-order valence-electron chi connectivity index (χ1n) is 4.19. The van der Waals surface area contributed by atoms with Gasteiger partial charge in [-0.15, -0.1) is 0 Å². The average molecular weight is 222 g/mol. The minimum absolute atomic E-state index is 0.0822. The molecule has 2 aromatic rings. The lowest BCUT2D eigenvalue weighted by Crippen LogP contribution is -2.21. The molecule has 0 aliphatic rings. The van der Waals surface area contributed by atoms with Crippen molar-refractivity contribution in [2.24, 2.45) is 0 Å². The van der Waals surface area contributed by atoms with E-state index in [1.165, 1.54) is 6.08 Å². The lowest BCUT2D eigenvalue weighted by atomic mass is 10.5. The number of aromatic amines is 3. The van der Waals surface area contributed by atoms with Crippen molar-refractivity contribution in [3.8, 4) is 0 Å². The maximum atomic E-state index is 11.3. The van der Waals surface area contributed by atoms with Gasteiger partial charge < -0.3 is 10.1 Å². The Hall–Kier alpha value is -2.64. The molecule has 0 aliphatic heterocycles. The van der Waals surface area contributed by atoms with Crippen LogP contribution in [0, 0.1) is 0 Å². The molecular weight excluding hydrogens is 216 g/mol. The lowest BCUT2D eigenvalue weighted by Gasteiger charge is -1.83. The summed E-state index contributed by atoms with van der Waals surface area (Å²) in [6, 6.07) is 0. The van der Waals surface area contributed by atoms with E-state index in [4.69, 9.17) is 5.11 Å². The number of hydrogen-bond acceptors (Lipinski definition) is 4. The molecule has 2 heterocycles. The van der Waals surface area contributed by atoms with Gasteiger partial charge in [-0.1, -0.05) is 0 Å². The van der Waals surface area contributed by atoms with Crippen molar-refractivity contribution in [3.63, 3.8) is 0 Å². The van der Waals surface area contributed by atoms with Gasteiger partial charge in [0, 0.05) is 6.08 Å². The van der Waals surface area contributed by atoms with Crippen molar-refractivity contribution in [1.82, 2.24) is 19.9 Å². The highest BCUT2D eigenvalue weighted by molar-refractivity contribution is 5.85. The minimum Gasteiger partial charge on any atom is -0.478 e. The highest BCUT2D eigenvalue weighted by Gasteiger charge is 2.05. The molecule has 2 rings (SSSR count). The molecule has 0 saturated heterocycles. The Morgan fingerprint density at radius 1 is 1.25 bits per heavy atom. The summed E-state index contributed by atoms with van der Waals surface area (Å²) in [6.07, 6.45) is 2.05. The van der Waals surface area contributed by atoms with Crippen LogP contribution in [0.15, 0.2) is 15.7 Å². The van der Waals surface area contributed by atoms with E-state index in [9.17, 15) is 14.4 Å². The molecule has 4 N–H and O–H groups in total. The summed E-state index contributed by atoms with van der Waals surface area (Å²) in [5.41, 5.74) is -1.11.